The highest BCUT2D eigenvalue weighted by Crippen LogP contribution is 2.25. The van der Waals surface area contributed by atoms with Crippen LogP contribution in [-0.4, -0.2) is 28.5 Å². The third-order valence-corrected chi connectivity index (χ3v) is 3.88. The van der Waals surface area contributed by atoms with Gasteiger partial charge in [-0.2, -0.15) is 0 Å². The van der Waals surface area contributed by atoms with E-state index >= 15 is 0 Å². The Morgan fingerprint density at radius 2 is 1.77 bits per heavy atom. The Bertz CT molecular complexity index is 683. The van der Waals surface area contributed by atoms with Crippen LogP contribution in [0.15, 0.2) is 48.8 Å². The van der Waals surface area contributed by atoms with Gasteiger partial charge in [0.05, 0.1) is 5.92 Å². The lowest BCUT2D eigenvalue weighted by Gasteiger charge is -2.16. The molecule has 2 heterocycles. The second kappa shape index (κ2) is 5.97. The van der Waals surface area contributed by atoms with Gasteiger partial charge in [0.25, 0.3) is 0 Å². The predicted molar refractivity (Wildman–Crippen MR) is 81.6 cm³/mol. The number of hydrogen-bond donors (Lipinski definition) is 1. The summed E-state index contributed by atoms with van der Waals surface area (Å²) in [5.41, 5.74) is 3.06. The lowest BCUT2D eigenvalue weighted by molar-refractivity contribution is -0.141. The second-order valence-corrected chi connectivity index (χ2v) is 5.44. The fraction of sp³-hybridized carbons (Fsp3) is 0.235. The van der Waals surface area contributed by atoms with Gasteiger partial charge in [0.1, 0.15) is 0 Å². The maximum Gasteiger partial charge on any atom is 0.308 e. The van der Waals surface area contributed by atoms with E-state index in [0.29, 0.717) is 0 Å². The van der Waals surface area contributed by atoms with Crippen molar-refractivity contribution in [2.45, 2.75) is 12.8 Å². The van der Waals surface area contributed by atoms with Crippen LogP contribution in [0.5, 0.6) is 0 Å². The van der Waals surface area contributed by atoms with Crippen LogP contribution in [-0.2, 0) is 16.0 Å². The minimum atomic E-state index is -0.912. The summed E-state index contributed by atoms with van der Waals surface area (Å²) in [6.07, 6.45) is 4.40. The number of benzene rings is 1. The summed E-state index contributed by atoms with van der Waals surface area (Å²) >= 11 is 0. The molecule has 1 aliphatic heterocycles. The van der Waals surface area contributed by atoms with Gasteiger partial charge in [-0.3, -0.25) is 14.6 Å². The fourth-order valence-electron chi connectivity index (χ4n) is 2.65. The molecule has 112 valence electrons. The van der Waals surface area contributed by atoms with Crippen LogP contribution in [0.25, 0.3) is 0 Å². The Morgan fingerprint density at radius 3 is 2.36 bits per heavy atom. The zero-order chi connectivity index (χ0) is 15.5. The van der Waals surface area contributed by atoms with E-state index in [9.17, 15) is 9.59 Å². The summed E-state index contributed by atoms with van der Waals surface area (Å²) in [5, 5.41) is 9.02. The Hall–Kier alpha value is -2.69. The van der Waals surface area contributed by atoms with Crippen LogP contribution >= 0.6 is 0 Å². The number of anilines is 1. The minimum absolute atomic E-state index is 0.0775. The van der Waals surface area contributed by atoms with Crippen molar-refractivity contribution in [1.82, 2.24) is 4.98 Å². The average molecular weight is 296 g/mol. The van der Waals surface area contributed by atoms with Gasteiger partial charge in [0.15, 0.2) is 0 Å². The summed E-state index contributed by atoms with van der Waals surface area (Å²) in [6, 6.07) is 11.6. The number of hydrogen-bond acceptors (Lipinski definition) is 3. The van der Waals surface area contributed by atoms with Crippen LogP contribution in [0.4, 0.5) is 5.69 Å². The van der Waals surface area contributed by atoms with Gasteiger partial charge in [0, 0.05) is 31.0 Å². The number of carboxylic acid groups (broad SMARTS) is 1. The third kappa shape index (κ3) is 2.98. The zero-order valence-electron chi connectivity index (χ0n) is 12.0. The molecule has 2 aromatic rings. The first-order chi connectivity index (χ1) is 10.6. The highest BCUT2D eigenvalue weighted by atomic mass is 16.4. The number of aromatic nitrogens is 1. The first kappa shape index (κ1) is 14.3. The minimum Gasteiger partial charge on any atom is -0.481 e. The number of nitrogens with zero attached hydrogens (tertiary/aromatic N) is 2. The molecule has 1 aromatic heterocycles. The molecule has 1 aromatic carbocycles. The number of pyridine rings is 1. The lowest BCUT2D eigenvalue weighted by Crippen LogP contribution is -2.25. The number of aliphatic carboxylic acids is 1. The van der Waals surface area contributed by atoms with E-state index < -0.39 is 11.9 Å². The van der Waals surface area contributed by atoms with Gasteiger partial charge >= 0.3 is 5.97 Å². The van der Waals surface area contributed by atoms with E-state index in [0.717, 1.165) is 17.7 Å². The van der Waals surface area contributed by atoms with Crippen LogP contribution < -0.4 is 4.90 Å². The van der Waals surface area contributed by atoms with Gasteiger partial charge in [-0.1, -0.05) is 12.1 Å². The quantitative estimate of drug-likeness (QED) is 0.938. The Kier molecular flexibility index (Phi) is 3.87. The van der Waals surface area contributed by atoms with Crippen LogP contribution in [0, 0.1) is 5.92 Å². The number of amides is 1. The number of carbonyl (C=O) groups is 2. The monoisotopic (exact) mass is 296 g/mol. The van der Waals surface area contributed by atoms with Crippen molar-refractivity contribution < 1.29 is 14.7 Å². The van der Waals surface area contributed by atoms with Crippen LogP contribution in [0.1, 0.15) is 17.5 Å². The van der Waals surface area contributed by atoms with E-state index in [1.165, 1.54) is 5.56 Å². The highest BCUT2D eigenvalue weighted by Gasteiger charge is 2.34. The maximum absolute atomic E-state index is 11.9. The Morgan fingerprint density at radius 1 is 1.14 bits per heavy atom. The molecule has 1 amide bonds. The number of carboxylic acids is 1. The molecular formula is C17H16N2O3. The van der Waals surface area contributed by atoms with E-state index in [-0.39, 0.29) is 18.9 Å². The van der Waals surface area contributed by atoms with Crippen LogP contribution in [0.2, 0.25) is 0 Å². The van der Waals surface area contributed by atoms with Crippen molar-refractivity contribution in [3.05, 3.63) is 59.9 Å². The maximum atomic E-state index is 11.9. The van der Waals surface area contributed by atoms with Crippen molar-refractivity contribution in [1.29, 1.82) is 0 Å². The Labute approximate surface area is 128 Å². The number of rotatable bonds is 4. The molecule has 5 heteroatoms. The largest absolute Gasteiger partial charge is 0.481 e. The summed E-state index contributed by atoms with van der Waals surface area (Å²) in [4.78, 5) is 28.5. The molecule has 0 spiro atoms. The first-order valence-electron chi connectivity index (χ1n) is 7.14. The van der Waals surface area contributed by atoms with E-state index in [4.69, 9.17) is 5.11 Å². The van der Waals surface area contributed by atoms with Crippen LogP contribution in [0.3, 0.4) is 0 Å². The second-order valence-electron chi connectivity index (χ2n) is 5.44. The molecule has 1 N–H and O–H groups in total. The summed E-state index contributed by atoms with van der Waals surface area (Å²) in [7, 11) is 0. The Balaban J connectivity index is 1.72. The summed E-state index contributed by atoms with van der Waals surface area (Å²) < 4.78 is 0. The zero-order valence-corrected chi connectivity index (χ0v) is 12.0. The molecular weight excluding hydrogens is 280 g/mol. The average Bonchev–Trinajstić information content (AvgIpc) is 2.91. The lowest BCUT2D eigenvalue weighted by atomic mass is 10.1. The molecule has 1 saturated heterocycles. The SMILES string of the molecule is O=C(O)C1CC(=O)N(c2ccc(Cc3ccncc3)cc2)C1. The van der Waals surface area contributed by atoms with Gasteiger partial charge in [-0.25, -0.2) is 0 Å². The highest BCUT2D eigenvalue weighted by molar-refractivity contribution is 5.99. The normalized spacial score (nSPS) is 17.7. The van der Waals surface area contributed by atoms with Crippen molar-refractivity contribution in [3.63, 3.8) is 0 Å². The van der Waals surface area contributed by atoms with Gasteiger partial charge in [-0.15, -0.1) is 0 Å². The van der Waals surface area contributed by atoms with Crippen molar-refractivity contribution in [2.75, 3.05) is 11.4 Å². The van der Waals surface area contributed by atoms with E-state index in [1.807, 2.05) is 36.4 Å². The van der Waals surface area contributed by atoms with Crippen molar-refractivity contribution >= 4 is 17.6 Å². The first-order valence-corrected chi connectivity index (χ1v) is 7.14. The van der Waals surface area contributed by atoms with Crippen molar-refractivity contribution in [2.24, 2.45) is 5.92 Å². The van der Waals surface area contributed by atoms with Gasteiger partial charge in [-0.05, 0) is 41.8 Å². The third-order valence-electron chi connectivity index (χ3n) is 3.88. The van der Waals surface area contributed by atoms with Crippen molar-refractivity contribution in [3.8, 4) is 0 Å². The van der Waals surface area contributed by atoms with Gasteiger partial charge < -0.3 is 10.0 Å². The molecule has 1 aliphatic rings. The molecule has 0 saturated carbocycles. The molecule has 0 aliphatic carbocycles. The molecule has 1 unspecified atom stereocenters. The fourth-order valence-corrected chi connectivity index (χ4v) is 2.65. The van der Waals surface area contributed by atoms with E-state index in [1.54, 1.807) is 17.3 Å². The molecule has 5 nitrogen and oxygen atoms in total. The van der Waals surface area contributed by atoms with Gasteiger partial charge in [0.2, 0.25) is 5.91 Å². The standard InChI is InChI=1S/C17H16N2O3/c20-16-10-14(17(21)22)11-19(16)15-3-1-12(2-4-15)9-13-5-7-18-8-6-13/h1-8,14H,9-11H2,(H,21,22). The summed E-state index contributed by atoms with van der Waals surface area (Å²) in [6.45, 7) is 0.248. The summed E-state index contributed by atoms with van der Waals surface area (Å²) in [5.74, 6) is -1.65. The molecule has 1 fully saturated rings. The topological polar surface area (TPSA) is 70.5 Å². The molecule has 1 atom stereocenters. The molecule has 0 radical (unpaired) electrons. The number of carbonyl (C=O) groups excluding carboxylic acids is 1. The van der Waals surface area contributed by atoms with E-state index in [2.05, 4.69) is 4.98 Å². The predicted octanol–water partition coefficient (Wildman–Crippen LogP) is 2.11. The molecule has 22 heavy (non-hydrogen) atoms. The molecule has 0 bridgehead atoms. The molecule has 3 rings (SSSR count). The smallest absolute Gasteiger partial charge is 0.308 e.